The molecule has 3 saturated carbocycles. The Morgan fingerprint density at radius 1 is 1.07 bits per heavy atom. The molecule has 1 N–H and O–H groups in total. The van der Waals surface area contributed by atoms with Crippen molar-refractivity contribution in [2.45, 2.75) is 139 Å². The van der Waals surface area contributed by atoms with Gasteiger partial charge in [0.15, 0.2) is 5.78 Å². The molecule has 13 heteroatoms. The average molecular weight is 780 g/mol. The molecule has 290 valence electrons. The number of sulfonamides is 1. The summed E-state index contributed by atoms with van der Waals surface area (Å²) in [6, 6.07) is 4.67. The van der Waals surface area contributed by atoms with E-state index in [0.717, 1.165) is 55.0 Å². The summed E-state index contributed by atoms with van der Waals surface area (Å²) in [5.74, 6) is -2.01. The molecule has 3 aliphatic heterocycles. The molecule has 0 radical (unpaired) electrons. The van der Waals surface area contributed by atoms with Crippen LogP contribution in [0, 0.1) is 24.2 Å². The SMILES string of the molecule is Cc1nc2cc(Cl)ccc2c2c1O[C@]1(CC2)C[C@H]2C(=O)C[C@]3(C(=O)NS(=O)(=O)C4(C)CC4)C[C@H]3/C=C\CCCCC[C@H](CC(=O)OC3(C)CC3)C(=O)N2C1. The van der Waals surface area contributed by atoms with Crippen molar-refractivity contribution >= 4 is 56.1 Å². The van der Waals surface area contributed by atoms with Crippen molar-refractivity contribution in [2.75, 3.05) is 6.54 Å². The van der Waals surface area contributed by atoms with E-state index in [1.54, 1.807) is 11.8 Å². The molecule has 1 spiro atoms. The molecule has 0 bridgehead atoms. The maximum atomic E-state index is 14.8. The van der Waals surface area contributed by atoms with Crippen molar-refractivity contribution in [3.05, 3.63) is 46.6 Å². The number of esters is 1. The molecule has 11 nitrogen and oxygen atoms in total. The molecule has 1 aromatic carbocycles. The van der Waals surface area contributed by atoms with Crippen LogP contribution in [0.4, 0.5) is 0 Å². The number of allylic oxidation sites excluding steroid dienone is 2. The Morgan fingerprint density at radius 3 is 2.59 bits per heavy atom. The molecule has 8 rings (SSSR count). The van der Waals surface area contributed by atoms with Gasteiger partial charge in [0.2, 0.25) is 21.8 Å². The summed E-state index contributed by atoms with van der Waals surface area (Å²) >= 11 is 6.29. The number of fused-ring (bicyclic) bond motifs is 5. The van der Waals surface area contributed by atoms with Crippen LogP contribution in [0.2, 0.25) is 5.02 Å². The van der Waals surface area contributed by atoms with E-state index >= 15 is 0 Å². The van der Waals surface area contributed by atoms with Crippen molar-refractivity contribution in [1.29, 1.82) is 0 Å². The molecule has 3 aliphatic carbocycles. The zero-order chi connectivity index (χ0) is 38.3. The predicted molar refractivity (Wildman–Crippen MR) is 202 cm³/mol. The molecule has 4 fully saturated rings. The monoisotopic (exact) mass is 779 g/mol. The average Bonchev–Trinajstić information content (AvgIpc) is 4.07. The highest BCUT2D eigenvalue weighted by molar-refractivity contribution is 7.91. The lowest BCUT2D eigenvalue weighted by Crippen LogP contribution is -2.48. The number of aromatic nitrogens is 1. The van der Waals surface area contributed by atoms with Crippen LogP contribution < -0.4 is 9.46 Å². The van der Waals surface area contributed by atoms with Gasteiger partial charge >= 0.3 is 5.97 Å². The molecule has 2 amide bonds. The van der Waals surface area contributed by atoms with Gasteiger partial charge in [0.25, 0.3) is 0 Å². The lowest BCUT2D eigenvalue weighted by atomic mass is 9.85. The Labute approximate surface area is 322 Å². The van der Waals surface area contributed by atoms with E-state index in [-0.39, 0.29) is 43.4 Å². The van der Waals surface area contributed by atoms with Gasteiger partial charge in [-0.15, -0.1) is 0 Å². The number of hydrogen-bond donors (Lipinski definition) is 1. The number of hydrogen-bond acceptors (Lipinski definition) is 9. The van der Waals surface area contributed by atoms with E-state index in [9.17, 15) is 27.6 Å². The third kappa shape index (κ3) is 6.94. The van der Waals surface area contributed by atoms with Gasteiger partial charge in [-0.05, 0) is 103 Å². The fourth-order valence-electron chi connectivity index (χ4n) is 8.93. The lowest BCUT2D eigenvalue weighted by Gasteiger charge is -2.36. The van der Waals surface area contributed by atoms with Gasteiger partial charge in [-0.25, -0.2) is 13.4 Å². The summed E-state index contributed by atoms with van der Waals surface area (Å²) in [7, 11) is -3.93. The minimum Gasteiger partial charge on any atom is -0.483 e. The molecule has 0 unspecified atom stereocenters. The van der Waals surface area contributed by atoms with E-state index in [1.165, 1.54) is 0 Å². The number of ketones is 1. The topological polar surface area (TPSA) is 149 Å². The second kappa shape index (κ2) is 13.3. The van der Waals surface area contributed by atoms with Gasteiger partial charge in [-0.1, -0.05) is 42.7 Å². The number of Topliss-reactive ketones (excluding diaryl/α,β-unsaturated/α-hetero) is 1. The molecule has 2 aromatic rings. The van der Waals surface area contributed by atoms with Gasteiger partial charge in [-0.3, -0.25) is 23.9 Å². The minimum absolute atomic E-state index is 0.0783. The maximum Gasteiger partial charge on any atom is 0.307 e. The minimum atomic E-state index is -3.93. The first kappa shape index (κ1) is 37.4. The van der Waals surface area contributed by atoms with E-state index in [0.29, 0.717) is 55.0 Å². The Morgan fingerprint density at radius 2 is 1.85 bits per heavy atom. The van der Waals surface area contributed by atoms with Crippen LogP contribution in [-0.4, -0.2) is 70.4 Å². The first-order valence-electron chi connectivity index (χ1n) is 19.6. The number of rotatable bonds is 6. The summed E-state index contributed by atoms with van der Waals surface area (Å²) in [5, 5.41) is 1.53. The van der Waals surface area contributed by atoms with Gasteiger partial charge in [0.05, 0.1) is 40.4 Å². The zero-order valence-electron chi connectivity index (χ0n) is 31.4. The fourth-order valence-corrected chi connectivity index (χ4v) is 10.4. The zero-order valence-corrected chi connectivity index (χ0v) is 33.0. The van der Waals surface area contributed by atoms with Crippen molar-refractivity contribution in [2.24, 2.45) is 17.3 Å². The third-order valence-electron chi connectivity index (χ3n) is 13.2. The fraction of sp³-hybridized carbons (Fsp3) is 0.634. The summed E-state index contributed by atoms with van der Waals surface area (Å²) in [6.45, 7) is 5.54. The maximum absolute atomic E-state index is 14.8. The summed E-state index contributed by atoms with van der Waals surface area (Å²) in [5.41, 5.74) is -0.163. The van der Waals surface area contributed by atoms with Crippen molar-refractivity contribution in [3.63, 3.8) is 0 Å². The normalized spacial score (nSPS) is 31.9. The van der Waals surface area contributed by atoms with E-state index in [1.807, 2.05) is 44.2 Å². The molecular weight excluding hydrogens is 730 g/mol. The number of aryl methyl sites for hydroxylation is 2. The highest BCUT2D eigenvalue weighted by Crippen LogP contribution is 2.58. The van der Waals surface area contributed by atoms with Crippen molar-refractivity contribution in [3.8, 4) is 5.75 Å². The quantitative estimate of drug-likeness (QED) is 0.258. The predicted octanol–water partition coefficient (Wildman–Crippen LogP) is 6.45. The van der Waals surface area contributed by atoms with Crippen LogP contribution in [0.25, 0.3) is 10.9 Å². The number of carbonyl (C=O) groups excluding carboxylic acids is 4. The number of pyridine rings is 1. The smallest absolute Gasteiger partial charge is 0.307 e. The van der Waals surface area contributed by atoms with E-state index < -0.39 is 55.2 Å². The number of benzene rings is 1. The summed E-state index contributed by atoms with van der Waals surface area (Å²) < 4.78 is 40.5. The van der Waals surface area contributed by atoms with Crippen LogP contribution >= 0.6 is 11.6 Å². The number of halogens is 1. The Hall–Kier alpha value is -3.51. The molecule has 6 aliphatic rings. The van der Waals surface area contributed by atoms with Crippen LogP contribution in [0.5, 0.6) is 5.75 Å². The standard InChI is InChI=1S/C41H50ClN3O8S/c1-25-35-30(29-12-11-28(42)20-31(29)43-25)13-14-40(53-35)22-32-33(46)23-41(37(49)44-54(50,51)39(3)17-18-39)21-27(41)10-8-6-4-5-7-9-26(36(48)45(32)24-40)19-34(47)52-38(2)15-16-38/h8,10-12,20,26-27,32H,4-7,9,13-19,21-24H2,1-3H3,(H,44,49)/b10-8-/t26-,27-,32+,40-,41-/m1/s1. The molecular formula is C41H50ClN3O8S. The lowest BCUT2D eigenvalue weighted by molar-refractivity contribution is -0.155. The second-order valence-corrected chi connectivity index (χ2v) is 20.2. The number of ether oxygens (including phenoxy) is 2. The van der Waals surface area contributed by atoms with Crippen LogP contribution in [0.3, 0.4) is 0 Å². The van der Waals surface area contributed by atoms with Crippen molar-refractivity contribution < 1.29 is 37.1 Å². The largest absolute Gasteiger partial charge is 0.483 e. The van der Waals surface area contributed by atoms with Gasteiger partial charge in [-0.2, -0.15) is 0 Å². The number of amides is 2. The number of carbonyl (C=O) groups is 4. The Balaban J connectivity index is 1.13. The molecule has 5 atom stereocenters. The van der Waals surface area contributed by atoms with Crippen LogP contribution in [0.15, 0.2) is 30.4 Å². The molecule has 54 heavy (non-hydrogen) atoms. The molecule has 1 saturated heterocycles. The second-order valence-electron chi connectivity index (χ2n) is 17.5. The van der Waals surface area contributed by atoms with Gasteiger partial charge in [0.1, 0.15) is 17.0 Å². The highest BCUT2D eigenvalue weighted by atomic mass is 35.5. The molecule has 4 heterocycles. The van der Waals surface area contributed by atoms with Gasteiger partial charge in [0, 0.05) is 34.7 Å². The van der Waals surface area contributed by atoms with Crippen LogP contribution in [0.1, 0.15) is 115 Å². The number of nitrogens with one attached hydrogen (secondary N) is 1. The summed E-state index contributed by atoms with van der Waals surface area (Å²) in [4.78, 5) is 63.2. The Kier molecular flexibility index (Phi) is 9.22. The molecule has 1 aromatic heterocycles. The number of nitrogens with zero attached hydrogens (tertiary/aromatic N) is 2. The third-order valence-corrected chi connectivity index (χ3v) is 15.5. The van der Waals surface area contributed by atoms with E-state index in [4.69, 9.17) is 26.1 Å². The Bertz CT molecular complexity index is 2080. The van der Waals surface area contributed by atoms with Gasteiger partial charge < -0.3 is 14.4 Å². The van der Waals surface area contributed by atoms with Crippen LogP contribution in [-0.2, 0) is 40.4 Å². The highest BCUT2D eigenvalue weighted by Gasteiger charge is 2.63. The van der Waals surface area contributed by atoms with Crippen molar-refractivity contribution in [1.82, 2.24) is 14.6 Å². The first-order chi connectivity index (χ1) is 25.5. The summed E-state index contributed by atoms with van der Waals surface area (Å²) in [6.07, 6.45) is 11.6. The van der Waals surface area contributed by atoms with E-state index in [2.05, 4.69) is 4.72 Å². The first-order valence-corrected chi connectivity index (χ1v) is 21.5.